The molecule has 1 heterocycles. The Morgan fingerprint density at radius 3 is 2.52 bits per heavy atom. The number of thioether (sulfide) groups is 1. The maximum Gasteiger partial charge on any atom is 0.321 e. The van der Waals surface area contributed by atoms with Crippen molar-refractivity contribution in [3.8, 4) is 0 Å². The van der Waals surface area contributed by atoms with E-state index in [4.69, 9.17) is 0 Å². The second-order valence-corrected chi connectivity index (χ2v) is 9.32. The molecule has 0 bridgehead atoms. The number of imide groups is 1. The van der Waals surface area contributed by atoms with Crippen molar-refractivity contribution in [2.75, 3.05) is 12.3 Å². The molecule has 0 radical (unpaired) electrons. The highest BCUT2D eigenvalue weighted by molar-refractivity contribution is 7.99. The molecule has 1 aromatic carbocycles. The topological polar surface area (TPSA) is 96.3 Å². The van der Waals surface area contributed by atoms with Crippen LogP contribution in [-0.2, 0) is 11.3 Å². The lowest BCUT2D eigenvalue weighted by Gasteiger charge is -2.30. The first-order chi connectivity index (χ1) is 14.8. The summed E-state index contributed by atoms with van der Waals surface area (Å²) in [4.78, 5) is 44.1. The van der Waals surface area contributed by atoms with Crippen LogP contribution in [0.5, 0.6) is 0 Å². The predicted molar refractivity (Wildman–Crippen MR) is 123 cm³/mol. The number of rotatable bonds is 9. The second kappa shape index (κ2) is 10.3. The van der Waals surface area contributed by atoms with E-state index in [1.54, 1.807) is 16.7 Å². The van der Waals surface area contributed by atoms with Crippen molar-refractivity contribution in [3.05, 3.63) is 34.6 Å². The third-order valence-corrected chi connectivity index (χ3v) is 6.21. The number of carbonyl (C=O) groups excluding carboxylic acids is 2. The van der Waals surface area contributed by atoms with Crippen molar-refractivity contribution >= 4 is 34.6 Å². The first kappa shape index (κ1) is 23.3. The molecule has 2 aromatic rings. The van der Waals surface area contributed by atoms with Crippen molar-refractivity contribution in [2.45, 2.75) is 70.4 Å². The van der Waals surface area contributed by atoms with Gasteiger partial charge in [0.25, 0.3) is 5.56 Å². The SMILES string of the molecule is CC(C)N(CCn1c(SCC(=O)NC(=O)NC2CC2)nc2ccccc2c1=O)C(C)C. The summed E-state index contributed by atoms with van der Waals surface area (Å²) in [6, 6.07) is 7.62. The molecule has 0 spiro atoms. The molecule has 1 saturated carbocycles. The molecule has 3 rings (SSSR count). The van der Waals surface area contributed by atoms with Gasteiger partial charge < -0.3 is 5.32 Å². The van der Waals surface area contributed by atoms with Crippen LogP contribution in [-0.4, -0.2) is 56.8 Å². The number of hydrogen-bond donors (Lipinski definition) is 2. The molecule has 1 aliphatic rings. The molecule has 168 valence electrons. The van der Waals surface area contributed by atoms with Gasteiger partial charge in [-0.2, -0.15) is 0 Å². The summed E-state index contributed by atoms with van der Waals surface area (Å²) in [7, 11) is 0. The molecule has 1 fully saturated rings. The van der Waals surface area contributed by atoms with Crippen LogP contribution in [0.25, 0.3) is 10.9 Å². The number of aromatic nitrogens is 2. The van der Waals surface area contributed by atoms with E-state index in [-0.39, 0.29) is 17.4 Å². The average Bonchev–Trinajstić information content (AvgIpc) is 3.51. The quantitative estimate of drug-likeness (QED) is 0.455. The van der Waals surface area contributed by atoms with Gasteiger partial charge in [0.15, 0.2) is 5.16 Å². The Morgan fingerprint density at radius 2 is 1.87 bits per heavy atom. The third kappa shape index (κ3) is 6.30. The van der Waals surface area contributed by atoms with Gasteiger partial charge in [0.05, 0.1) is 16.7 Å². The molecule has 0 atom stereocenters. The molecule has 0 aliphatic heterocycles. The summed E-state index contributed by atoms with van der Waals surface area (Å²) in [5, 5.41) is 6.10. The van der Waals surface area contributed by atoms with E-state index in [2.05, 4.69) is 48.2 Å². The molecule has 0 unspecified atom stereocenters. The maximum absolute atomic E-state index is 13.2. The van der Waals surface area contributed by atoms with Gasteiger partial charge in [-0.05, 0) is 52.7 Å². The van der Waals surface area contributed by atoms with Gasteiger partial charge in [-0.25, -0.2) is 9.78 Å². The number of nitrogens with zero attached hydrogens (tertiary/aromatic N) is 3. The van der Waals surface area contributed by atoms with Crippen molar-refractivity contribution in [2.24, 2.45) is 0 Å². The zero-order valence-electron chi connectivity index (χ0n) is 18.6. The van der Waals surface area contributed by atoms with Crippen LogP contribution in [0.2, 0.25) is 0 Å². The first-order valence-corrected chi connectivity index (χ1v) is 11.7. The largest absolute Gasteiger partial charge is 0.335 e. The van der Waals surface area contributed by atoms with E-state index >= 15 is 0 Å². The molecule has 31 heavy (non-hydrogen) atoms. The Bertz CT molecular complexity index is 992. The van der Waals surface area contributed by atoms with Crippen LogP contribution in [0.15, 0.2) is 34.2 Å². The van der Waals surface area contributed by atoms with Crippen LogP contribution in [0.3, 0.4) is 0 Å². The molecule has 3 amide bonds. The van der Waals surface area contributed by atoms with Gasteiger partial charge in [0.2, 0.25) is 5.91 Å². The molecule has 0 saturated heterocycles. The molecule has 8 nitrogen and oxygen atoms in total. The predicted octanol–water partition coefficient (Wildman–Crippen LogP) is 2.60. The number of carbonyl (C=O) groups is 2. The molecule has 9 heteroatoms. The van der Waals surface area contributed by atoms with Gasteiger partial charge in [0, 0.05) is 31.2 Å². The first-order valence-electron chi connectivity index (χ1n) is 10.7. The standard InChI is InChI=1S/C22H31N5O3S/c1-14(2)26(15(3)4)11-12-27-20(29)17-7-5-6-8-18(17)24-22(27)31-13-19(28)25-21(30)23-16-9-10-16/h5-8,14-16H,9-13H2,1-4H3,(H2,23,25,28,30). The van der Waals surface area contributed by atoms with E-state index in [9.17, 15) is 14.4 Å². The van der Waals surface area contributed by atoms with E-state index in [1.165, 1.54) is 11.8 Å². The van der Waals surface area contributed by atoms with Crippen molar-refractivity contribution in [3.63, 3.8) is 0 Å². The molecule has 1 aliphatic carbocycles. The normalized spacial score (nSPS) is 13.9. The smallest absolute Gasteiger partial charge is 0.321 e. The monoisotopic (exact) mass is 445 g/mol. The minimum atomic E-state index is -0.471. The number of hydrogen-bond acceptors (Lipinski definition) is 6. The number of amides is 3. The molecular weight excluding hydrogens is 414 g/mol. The summed E-state index contributed by atoms with van der Waals surface area (Å²) >= 11 is 1.17. The van der Waals surface area contributed by atoms with Crippen molar-refractivity contribution in [1.29, 1.82) is 0 Å². The Morgan fingerprint density at radius 1 is 1.19 bits per heavy atom. The van der Waals surface area contributed by atoms with Crippen LogP contribution in [0.4, 0.5) is 4.79 Å². The zero-order valence-corrected chi connectivity index (χ0v) is 19.4. The number of nitrogens with one attached hydrogen (secondary N) is 2. The molecule has 1 aromatic heterocycles. The van der Waals surface area contributed by atoms with E-state index in [1.807, 2.05) is 12.1 Å². The average molecular weight is 446 g/mol. The number of benzene rings is 1. The summed E-state index contributed by atoms with van der Waals surface area (Å²) < 4.78 is 1.64. The van der Waals surface area contributed by atoms with E-state index in [0.29, 0.717) is 41.2 Å². The van der Waals surface area contributed by atoms with Crippen LogP contribution in [0, 0.1) is 0 Å². The van der Waals surface area contributed by atoms with Gasteiger partial charge >= 0.3 is 6.03 Å². The van der Waals surface area contributed by atoms with Crippen LogP contribution >= 0.6 is 11.8 Å². The van der Waals surface area contributed by atoms with Gasteiger partial charge in [-0.1, -0.05) is 23.9 Å². The number of para-hydroxylation sites is 1. The van der Waals surface area contributed by atoms with E-state index < -0.39 is 11.9 Å². The molecular formula is C22H31N5O3S. The summed E-state index contributed by atoms with van der Waals surface area (Å²) in [6.45, 7) is 9.70. The number of urea groups is 1. The summed E-state index contributed by atoms with van der Waals surface area (Å²) in [6.07, 6.45) is 1.90. The Kier molecular flexibility index (Phi) is 7.72. The zero-order chi connectivity index (χ0) is 22.5. The summed E-state index contributed by atoms with van der Waals surface area (Å²) in [5.74, 6) is -0.413. The lowest BCUT2D eigenvalue weighted by Crippen LogP contribution is -2.41. The van der Waals surface area contributed by atoms with E-state index in [0.717, 1.165) is 12.8 Å². The van der Waals surface area contributed by atoms with Crippen LogP contribution < -0.4 is 16.2 Å². The molecule has 2 N–H and O–H groups in total. The van der Waals surface area contributed by atoms with Crippen LogP contribution in [0.1, 0.15) is 40.5 Å². The Balaban J connectivity index is 1.77. The second-order valence-electron chi connectivity index (χ2n) is 8.38. The highest BCUT2D eigenvalue weighted by Crippen LogP contribution is 2.19. The maximum atomic E-state index is 13.2. The van der Waals surface area contributed by atoms with Gasteiger partial charge in [0.1, 0.15) is 0 Å². The Labute approximate surface area is 186 Å². The fourth-order valence-corrected chi connectivity index (χ4v) is 4.35. The lowest BCUT2D eigenvalue weighted by molar-refractivity contribution is -0.117. The third-order valence-electron chi connectivity index (χ3n) is 5.23. The lowest BCUT2D eigenvalue weighted by atomic mass is 10.2. The van der Waals surface area contributed by atoms with Gasteiger partial charge in [-0.15, -0.1) is 0 Å². The highest BCUT2D eigenvalue weighted by Gasteiger charge is 2.24. The minimum absolute atomic E-state index is 0.000935. The van der Waals surface area contributed by atoms with Crippen molar-refractivity contribution < 1.29 is 9.59 Å². The number of fused-ring (bicyclic) bond motifs is 1. The Hall–Kier alpha value is -2.39. The summed E-state index contributed by atoms with van der Waals surface area (Å²) in [5.41, 5.74) is 0.482. The van der Waals surface area contributed by atoms with Crippen molar-refractivity contribution in [1.82, 2.24) is 25.1 Å². The van der Waals surface area contributed by atoms with Gasteiger partial charge in [-0.3, -0.25) is 24.4 Å². The minimum Gasteiger partial charge on any atom is -0.335 e. The fourth-order valence-electron chi connectivity index (χ4n) is 3.53. The fraction of sp³-hybridized carbons (Fsp3) is 0.545. The highest BCUT2D eigenvalue weighted by atomic mass is 32.2.